The van der Waals surface area contributed by atoms with Crippen LogP contribution in [0, 0.1) is 0 Å². The molecule has 0 saturated carbocycles. The van der Waals surface area contributed by atoms with Gasteiger partial charge in [0, 0.05) is 43.0 Å². The summed E-state index contributed by atoms with van der Waals surface area (Å²) in [5.41, 5.74) is 3.56. The Morgan fingerprint density at radius 1 is 0.769 bits per heavy atom. The van der Waals surface area contributed by atoms with Crippen LogP contribution in [0.5, 0.6) is 5.75 Å². The van der Waals surface area contributed by atoms with Crippen molar-refractivity contribution in [2.24, 2.45) is 0 Å². The number of hydrogen-bond acceptors (Lipinski definition) is 5. The van der Waals surface area contributed by atoms with Gasteiger partial charge in [-0.05, 0) is 91.1 Å². The standard InChI is InChI=1S/C40H35F3N4O5/c41-40(42,43)31-11-5-7-26(20-31)24-45-37(48)29-15-16-44-36(22-29)34-23-32(47-17-2-1-3-18-47)13-14-35(34)46-38(49)28-9-6-12-33(21-28)52-25-27-8-4-10-30(19-27)39(50)51/h4-16,19-23H,1-3,17-18,24-25H2,(H,45,48)(H,46,49)(H,50,51)/p+1. The van der Waals surface area contributed by atoms with Crippen LogP contribution >= 0.6 is 0 Å². The van der Waals surface area contributed by atoms with Crippen molar-refractivity contribution in [2.75, 3.05) is 23.3 Å². The number of carboxylic acids is 1. The van der Waals surface area contributed by atoms with E-state index in [9.17, 15) is 32.7 Å². The quantitative estimate of drug-likeness (QED) is 0.130. The Morgan fingerprint density at radius 2 is 1.50 bits per heavy atom. The number of nitrogens with one attached hydrogen (secondary N) is 3. The van der Waals surface area contributed by atoms with Gasteiger partial charge in [-0.2, -0.15) is 13.2 Å². The zero-order valence-electron chi connectivity index (χ0n) is 28.0. The minimum atomic E-state index is -4.49. The molecule has 12 heteroatoms. The number of pyridine rings is 1. The molecule has 4 N–H and O–H groups in total. The molecule has 0 aliphatic carbocycles. The number of benzene rings is 4. The van der Waals surface area contributed by atoms with Crippen molar-refractivity contribution >= 4 is 29.2 Å². The molecule has 1 fully saturated rings. The first-order chi connectivity index (χ1) is 25.0. The van der Waals surface area contributed by atoms with Gasteiger partial charge in [0.1, 0.15) is 12.4 Å². The maximum absolute atomic E-state index is 13.6. The highest BCUT2D eigenvalue weighted by Crippen LogP contribution is 2.33. The number of amides is 2. The number of aromatic carboxylic acids is 1. The van der Waals surface area contributed by atoms with Crippen LogP contribution in [0.1, 0.15) is 67.0 Å². The molecule has 5 aromatic rings. The van der Waals surface area contributed by atoms with Crippen LogP contribution in [-0.2, 0) is 19.3 Å². The number of carbonyl (C=O) groups excluding carboxylic acids is 2. The molecule has 1 aliphatic heterocycles. The molecule has 6 rings (SSSR count). The fourth-order valence-corrected chi connectivity index (χ4v) is 6.00. The van der Waals surface area contributed by atoms with Crippen LogP contribution in [0.4, 0.5) is 24.5 Å². The number of piperidine rings is 1. The van der Waals surface area contributed by atoms with E-state index in [4.69, 9.17) is 4.74 Å². The van der Waals surface area contributed by atoms with Crippen molar-refractivity contribution in [3.8, 4) is 17.0 Å². The van der Waals surface area contributed by atoms with E-state index in [-0.39, 0.29) is 24.3 Å². The van der Waals surface area contributed by atoms with Gasteiger partial charge in [0.25, 0.3) is 11.8 Å². The van der Waals surface area contributed by atoms with Gasteiger partial charge in [-0.25, -0.2) is 9.78 Å². The number of carbonyl (C=O) groups is 3. The summed E-state index contributed by atoms with van der Waals surface area (Å²) in [5, 5.41) is 15.0. The number of rotatable bonds is 11. The van der Waals surface area contributed by atoms with E-state index in [0.29, 0.717) is 39.4 Å². The summed E-state index contributed by atoms with van der Waals surface area (Å²) in [6.45, 7) is 1.79. The molecular weight excluding hydrogens is 673 g/mol. The van der Waals surface area contributed by atoms with Crippen molar-refractivity contribution in [3.63, 3.8) is 0 Å². The molecule has 0 atom stereocenters. The molecule has 0 radical (unpaired) electrons. The SMILES string of the molecule is O=C(O)c1cccc(COc2cccc(C(=O)Nc3ccc(N4CCCCC4)cc3-c3cc(C(=O)NCc4cccc(C(F)(F)F)c4)cc[nH+]3)c2)c1. The van der Waals surface area contributed by atoms with Crippen molar-refractivity contribution in [1.29, 1.82) is 0 Å². The average Bonchev–Trinajstić information content (AvgIpc) is 3.16. The summed E-state index contributed by atoms with van der Waals surface area (Å²) < 4.78 is 45.5. The van der Waals surface area contributed by atoms with Gasteiger partial charge in [-0.15, -0.1) is 0 Å². The number of carboxylic acid groups (broad SMARTS) is 1. The fraction of sp³-hybridized carbons (Fsp3) is 0.200. The van der Waals surface area contributed by atoms with E-state index in [1.54, 1.807) is 54.7 Å². The summed E-state index contributed by atoms with van der Waals surface area (Å²) >= 11 is 0. The maximum atomic E-state index is 13.6. The van der Waals surface area contributed by atoms with Crippen LogP contribution in [0.2, 0.25) is 0 Å². The van der Waals surface area contributed by atoms with E-state index in [1.807, 2.05) is 18.2 Å². The first-order valence-corrected chi connectivity index (χ1v) is 16.8. The van der Waals surface area contributed by atoms with E-state index < -0.39 is 29.5 Å². The lowest BCUT2D eigenvalue weighted by Gasteiger charge is -2.29. The van der Waals surface area contributed by atoms with Gasteiger partial charge in [-0.3, -0.25) is 9.59 Å². The minimum Gasteiger partial charge on any atom is -0.489 e. The second-order valence-electron chi connectivity index (χ2n) is 12.4. The Kier molecular flexibility index (Phi) is 10.8. The molecule has 4 aromatic carbocycles. The smallest absolute Gasteiger partial charge is 0.416 e. The highest BCUT2D eigenvalue weighted by atomic mass is 19.4. The van der Waals surface area contributed by atoms with Crippen LogP contribution in [0.25, 0.3) is 11.3 Å². The lowest BCUT2D eigenvalue weighted by atomic mass is 10.0. The van der Waals surface area contributed by atoms with Gasteiger partial charge in [-0.1, -0.05) is 30.3 Å². The number of hydrogen-bond donors (Lipinski definition) is 3. The third-order valence-corrected chi connectivity index (χ3v) is 8.71. The highest BCUT2D eigenvalue weighted by Gasteiger charge is 2.30. The van der Waals surface area contributed by atoms with Crippen molar-refractivity contribution < 1.29 is 42.4 Å². The lowest BCUT2D eigenvalue weighted by molar-refractivity contribution is -0.364. The summed E-state index contributed by atoms with van der Waals surface area (Å²) in [5.74, 6) is -1.49. The molecule has 52 heavy (non-hydrogen) atoms. The van der Waals surface area contributed by atoms with Gasteiger partial charge >= 0.3 is 12.1 Å². The summed E-state index contributed by atoms with van der Waals surface area (Å²) in [6, 6.07) is 26.8. The van der Waals surface area contributed by atoms with E-state index in [1.165, 1.54) is 24.3 Å². The van der Waals surface area contributed by atoms with Crippen LogP contribution in [-0.4, -0.2) is 36.0 Å². The summed E-state index contributed by atoms with van der Waals surface area (Å²) in [7, 11) is 0. The first kappa shape index (κ1) is 35.6. The van der Waals surface area contributed by atoms with Crippen LogP contribution < -0.4 is 25.3 Å². The predicted octanol–water partition coefficient (Wildman–Crippen LogP) is 7.64. The second-order valence-corrected chi connectivity index (χ2v) is 12.4. The van der Waals surface area contributed by atoms with E-state index >= 15 is 0 Å². The van der Waals surface area contributed by atoms with E-state index in [0.717, 1.165) is 50.2 Å². The molecule has 2 amide bonds. The number of halogens is 3. The number of anilines is 2. The normalized spacial score (nSPS) is 12.9. The third kappa shape index (κ3) is 8.94. The molecule has 266 valence electrons. The largest absolute Gasteiger partial charge is 0.489 e. The minimum absolute atomic E-state index is 0.0973. The zero-order valence-corrected chi connectivity index (χ0v) is 28.0. The number of aromatic nitrogens is 1. The van der Waals surface area contributed by atoms with Crippen LogP contribution in [0.3, 0.4) is 0 Å². The molecule has 0 unspecified atom stereocenters. The van der Waals surface area contributed by atoms with Crippen molar-refractivity contribution in [2.45, 2.75) is 38.6 Å². The summed E-state index contributed by atoms with van der Waals surface area (Å²) in [6.07, 6.45) is 0.380. The van der Waals surface area contributed by atoms with Crippen molar-refractivity contribution in [3.05, 3.63) is 143 Å². The molecule has 1 aromatic heterocycles. The molecule has 1 saturated heterocycles. The topological polar surface area (TPSA) is 122 Å². The number of aromatic amines is 1. The van der Waals surface area contributed by atoms with Gasteiger partial charge in [0.15, 0.2) is 6.20 Å². The number of ether oxygens (including phenoxy) is 1. The number of alkyl halides is 3. The predicted molar refractivity (Wildman–Crippen MR) is 189 cm³/mol. The third-order valence-electron chi connectivity index (χ3n) is 8.71. The van der Waals surface area contributed by atoms with E-state index in [2.05, 4.69) is 20.5 Å². The zero-order chi connectivity index (χ0) is 36.7. The summed E-state index contributed by atoms with van der Waals surface area (Å²) in [4.78, 5) is 43.6. The number of H-pyrrole nitrogens is 1. The van der Waals surface area contributed by atoms with Gasteiger partial charge in [0.2, 0.25) is 5.69 Å². The Morgan fingerprint density at radius 3 is 2.29 bits per heavy atom. The molecule has 1 aliphatic rings. The molecular formula is C40H36F3N4O5+. The van der Waals surface area contributed by atoms with Gasteiger partial charge < -0.3 is 25.4 Å². The molecule has 9 nitrogen and oxygen atoms in total. The molecule has 2 heterocycles. The number of nitrogens with zero attached hydrogens (tertiary/aromatic N) is 1. The van der Waals surface area contributed by atoms with Crippen molar-refractivity contribution in [1.82, 2.24) is 5.32 Å². The Hall–Kier alpha value is -6.17. The first-order valence-electron chi connectivity index (χ1n) is 16.8. The highest BCUT2D eigenvalue weighted by molar-refractivity contribution is 6.06. The Labute approximate surface area is 298 Å². The maximum Gasteiger partial charge on any atom is 0.416 e. The monoisotopic (exact) mass is 709 g/mol. The Bertz CT molecular complexity index is 2100. The second kappa shape index (κ2) is 15.8. The molecule has 0 spiro atoms. The lowest BCUT2D eigenvalue weighted by Crippen LogP contribution is -2.29. The van der Waals surface area contributed by atoms with Gasteiger partial charge in [0.05, 0.1) is 27.9 Å². The fourth-order valence-electron chi connectivity index (χ4n) is 6.00. The van der Waals surface area contributed by atoms with Crippen LogP contribution in [0.15, 0.2) is 109 Å². The molecule has 0 bridgehead atoms. The Balaban J connectivity index is 1.22. The average molecular weight is 710 g/mol.